The van der Waals surface area contributed by atoms with Crippen LogP contribution in [-0.2, 0) is 14.3 Å². The van der Waals surface area contributed by atoms with Gasteiger partial charge in [0, 0.05) is 10.7 Å². The first-order chi connectivity index (χ1) is 9.99. The molecule has 2 bridgehead atoms. The standard InChI is InChI=1S/C15H14ClNO4/c1-7-8(16)3-2-4-9(7)17-14(18)12-10-5-6-11(21-10)13(12)15(19)20/h2-6,10-13H,1H3,(H,17,18)(H,19,20)/t10-,11+,12+,13-/m0/s1. The Labute approximate surface area is 126 Å². The second-order valence-corrected chi connectivity index (χ2v) is 5.65. The Morgan fingerprint density at radius 3 is 2.57 bits per heavy atom. The van der Waals surface area contributed by atoms with Crippen LogP contribution in [0.1, 0.15) is 5.56 Å². The van der Waals surface area contributed by atoms with Gasteiger partial charge in [-0.2, -0.15) is 0 Å². The van der Waals surface area contributed by atoms with Gasteiger partial charge in [0.15, 0.2) is 0 Å². The molecule has 21 heavy (non-hydrogen) atoms. The van der Waals surface area contributed by atoms with Crippen LogP contribution in [-0.4, -0.2) is 29.2 Å². The van der Waals surface area contributed by atoms with E-state index in [2.05, 4.69) is 5.32 Å². The zero-order chi connectivity index (χ0) is 15.1. The summed E-state index contributed by atoms with van der Waals surface area (Å²) in [5.74, 6) is -2.95. The summed E-state index contributed by atoms with van der Waals surface area (Å²) in [5, 5.41) is 12.6. The van der Waals surface area contributed by atoms with Crippen LogP contribution in [0.5, 0.6) is 0 Å². The van der Waals surface area contributed by atoms with Crippen LogP contribution < -0.4 is 5.32 Å². The molecule has 4 atom stereocenters. The average molecular weight is 308 g/mol. The van der Waals surface area contributed by atoms with Crippen LogP contribution in [0, 0.1) is 18.8 Å². The lowest BCUT2D eigenvalue weighted by Crippen LogP contribution is -2.39. The molecule has 0 aromatic heterocycles. The number of hydrogen-bond donors (Lipinski definition) is 2. The second kappa shape index (κ2) is 5.16. The maximum absolute atomic E-state index is 12.5. The number of nitrogens with one attached hydrogen (secondary N) is 1. The summed E-state index contributed by atoms with van der Waals surface area (Å²) >= 11 is 6.02. The summed E-state index contributed by atoms with van der Waals surface area (Å²) in [5.41, 5.74) is 1.34. The van der Waals surface area contributed by atoms with Crippen molar-refractivity contribution < 1.29 is 19.4 Å². The van der Waals surface area contributed by atoms with E-state index < -0.39 is 30.0 Å². The Kier molecular flexibility index (Phi) is 3.47. The molecular formula is C15H14ClNO4. The Morgan fingerprint density at radius 1 is 1.24 bits per heavy atom. The molecule has 0 saturated carbocycles. The van der Waals surface area contributed by atoms with Gasteiger partial charge in [0.05, 0.1) is 18.1 Å². The number of carbonyl (C=O) groups excluding carboxylic acids is 1. The number of halogens is 1. The minimum atomic E-state index is -1.02. The molecule has 1 aromatic rings. The molecule has 0 radical (unpaired) electrons. The molecule has 0 unspecified atom stereocenters. The predicted octanol–water partition coefficient (Wildman–Crippen LogP) is 2.24. The minimum Gasteiger partial charge on any atom is -0.481 e. The quantitative estimate of drug-likeness (QED) is 0.840. The summed E-state index contributed by atoms with van der Waals surface area (Å²) in [6, 6.07) is 5.20. The van der Waals surface area contributed by atoms with Crippen LogP contribution >= 0.6 is 11.6 Å². The van der Waals surface area contributed by atoms with Crippen LogP contribution in [0.3, 0.4) is 0 Å². The van der Waals surface area contributed by atoms with Gasteiger partial charge in [-0.05, 0) is 24.6 Å². The highest BCUT2D eigenvalue weighted by Crippen LogP contribution is 2.40. The molecule has 6 heteroatoms. The summed E-state index contributed by atoms with van der Waals surface area (Å²) in [6.07, 6.45) is 2.45. The number of amides is 1. The molecule has 2 heterocycles. The van der Waals surface area contributed by atoms with Crippen molar-refractivity contribution in [2.45, 2.75) is 19.1 Å². The van der Waals surface area contributed by atoms with Crippen LogP contribution in [0.2, 0.25) is 5.02 Å². The van der Waals surface area contributed by atoms with Gasteiger partial charge in [0.2, 0.25) is 5.91 Å². The zero-order valence-corrected chi connectivity index (χ0v) is 12.0. The molecule has 0 aliphatic carbocycles. The van der Waals surface area contributed by atoms with Gasteiger partial charge in [-0.25, -0.2) is 0 Å². The number of rotatable bonds is 3. The molecule has 1 aromatic carbocycles. The molecule has 1 saturated heterocycles. The SMILES string of the molecule is Cc1c(Cl)cccc1NC(=O)[C@H]1[C@@H](C(=O)O)[C@H]2C=C[C@@H]1O2. The molecule has 3 rings (SSSR count). The van der Waals surface area contributed by atoms with Crippen LogP contribution in [0.15, 0.2) is 30.4 Å². The normalized spacial score (nSPS) is 29.6. The van der Waals surface area contributed by atoms with E-state index in [0.717, 1.165) is 5.56 Å². The van der Waals surface area contributed by atoms with Crippen molar-refractivity contribution in [1.29, 1.82) is 0 Å². The van der Waals surface area contributed by atoms with E-state index in [1.54, 1.807) is 37.3 Å². The topological polar surface area (TPSA) is 75.6 Å². The van der Waals surface area contributed by atoms with Crippen LogP contribution in [0.4, 0.5) is 5.69 Å². The fraction of sp³-hybridized carbons (Fsp3) is 0.333. The highest BCUT2D eigenvalue weighted by molar-refractivity contribution is 6.31. The van der Waals surface area contributed by atoms with Gasteiger partial charge in [-0.1, -0.05) is 29.8 Å². The first kappa shape index (κ1) is 14.1. The van der Waals surface area contributed by atoms with Crippen molar-refractivity contribution in [2.75, 3.05) is 5.32 Å². The summed E-state index contributed by atoms with van der Waals surface area (Å²) in [4.78, 5) is 23.8. The number of anilines is 1. The average Bonchev–Trinajstić information content (AvgIpc) is 3.04. The molecular weight excluding hydrogens is 294 g/mol. The largest absolute Gasteiger partial charge is 0.481 e. The molecule has 110 valence electrons. The summed E-state index contributed by atoms with van der Waals surface area (Å²) in [7, 11) is 0. The van der Waals surface area contributed by atoms with E-state index in [1.807, 2.05) is 0 Å². The van der Waals surface area contributed by atoms with Crippen molar-refractivity contribution in [3.63, 3.8) is 0 Å². The van der Waals surface area contributed by atoms with Crippen molar-refractivity contribution in [3.05, 3.63) is 40.9 Å². The van der Waals surface area contributed by atoms with Gasteiger partial charge < -0.3 is 15.2 Å². The van der Waals surface area contributed by atoms with Crippen molar-refractivity contribution in [2.24, 2.45) is 11.8 Å². The fourth-order valence-corrected chi connectivity index (χ4v) is 3.05. The van der Waals surface area contributed by atoms with Gasteiger partial charge in [0.25, 0.3) is 0 Å². The van der Waals surface area contributed by atoms with Crippen LogP contribution in [0.25, 0.3) is 0 Å². The van der Waals surface area contributed by atoms with E-state index in [4.69, 9.17) is 16.3 Å². The Balaban J connectivity index is 1.84. The van der Waals surface area contributed by atoms with E-state index in [0.29, 0.717) is 10.7 Å². The molecule has 1 fully saturated rings. The van der Waals surface area contributed by atoms with Gasteiger partial charge >= 0.3 is 5.97 Å². The predicted molar refractivity (Wildman–Crippen MR) is 77.2 cm³/mol. The number of carboxylic acid groups (broad SMARTS) is 1. The molecule has 0 spiro atoms. The highest BCUT2D eigenvalue weighted by atomic mass is 35.5. The Bertz CT molecular complexity index is 643. The van der Waals surface area contributed by atoms with E-state index in [9.17, 15) is 14.7 Å². The number of fused-ring (bicyclic) bond motifs is 2. The number of aliphatic carboxylic acids is 1. The number of hydrogen-bond acceptors (Lipinski definition) is 3. The van der Waals surface area contributed by atoms with Crippen molar-refractivity contribution in [3.8, 4) is 0 Å². The Hall–Kier alpha value is -1.85. The maximum Gasteiger partial charge on any atom is 0.310 e. The third kappa shape index (κ3) is 2.32. The lowest BCUT2D eigenvalue weighted by Gasteiger charge is -2.21. The smallest absolute Gasteiger partial charge is 0.310 e. The summed E-state index contributed by atoms with van der Waals surface area (Å²) < 4.78 is 5.49. The third-order valence-electron chi connectivity index (χ3n) is 4.01. The molecule has 2 N–H and O–H groups in total. The van der Waals surface area contributed by atoms with Gasteiger partial charge in [-0.3, -0.25) is 9.59 Å². The number of benzene rings is 1. The zero-order valence-electron chi connectivity index (χ0n) is 11.2. The third-order valence-corrected chi connectivity index (χ3v) is 4.42. The lowest BCUT2D eigenvalue weighted by molar-refractivity contribution is -0.145. The van der Waals surface area contributed by atoms with E-state index >= 15 is 0 Å². The number of carbonyl (C=O) groups is 2. The monoisotopic (exact) mass is 307 g/mol. The summed E-state index contributed by atoms with van der Waals surface area (Å²) in [6.45, 7) is 1.80. The van der Waals surface area contributed by atoms with Crippen molar-refractivity contribution in [1.82, 2.24) is 0 Å². The number of ether oxygens (including phenoxy) is 1. The molecule has 2 aliphatic heterocycles. The lowest BCUT2D eigenvalue weighted by atomic mass is 9.82. The van der Waals surface area contributed by atoms with Gasteiger partial charge in [0.1, 0.15) is 5.92 Å². The van der Waals surface area contributed by atoms with Gasteiger partial charge in [-0.15, -0.1) is 0 Å². The number of carboxylic acids is 1. The highest BCUT2D eigenvalue weighted by Gasteiger charge is 2.53. The maximum atomic E-state index is 12.5. The first-order valence-corrected chi connectivity index (χ1v) is 6.99. The second-order valence-electron chi connectivity index (χ2n) is 5.24. The molecule has 5 nitrogen and oxygen atoms in total. The van der Waals surface area contributed by atoms with E-state index in [1.165, 1.54) is 0 Å². The van der Waals surface area contributed by atoms with E-state index in [-0.39, 0.29) is 5.91 Å². The molecule has 2 aliphatic rings. The Morgan fingerprint density at radius 2 is 1.90 bits per heavy atom. The fourth-order valence-electron chi connectivity index (χ4n) is 2.87. The molecule has 1 amide bonds. The minimum absolute atomic E-state index is 0.357. The van der Waals surface area contributed by atoms with Crippen molar-refractivity contribution >= 4 is 29.2 Å². The first-order valence-electron chi connectivity index (χ1n) is 6.61.